The van der Waals surface area contributed by atoms with Gasteiger partial charge in [-0.3, -0.25) is 4.79 Å². The fourth-order valence-corrected chi connectivity index (χ4v) is 4.38. The highest BCUT2D eigenvalue weighted by atomic mass is 32.2. The van der Waals surface area contributed by atoms with Crippen molar-refractivity contribution in [2.75, 3.05) is 5.32 Å². The number of carbonyl (C=O) groups excluding carboxylic acids is 1. The highest BCUT2D eigenvalue weighted by Gasteiger charge is 2.20. The Kier molecular flexibility index (Phi) is 7.86. The average Bonchev–Trinajstić information content (AvgIpc) is 3.25. The number of carbonyl (C=O) groups is 1. The predicted octanol–water partition coefficient (Wildman–Crippen LogP) is 4.27. The van der Waals surface area contributed by atoms with Crippen LogP contribution >= 0.6 is 11.8 Å². The highest BCUT2D eigenvalue weighted by molar-refractivity contribution is 8.00. The fourth-order valence-electron chi connectivity index (χ4n) is 3.51. The maximum absolute atomic E-state index is 12.5. The molecule has 9 nitrogen and oxygen atoms in total. The summed E-state index contributed by atoms with van der Waals surface area (Å²) in [6.45, 7) is 6.53. The molecule has 4 rings (SSSR count). The molecule has 0 aliphatic heterocycles. The van der Waals surface area contributed by atoms with Crippen LogP contribution in [0.4, 0.5) is 5.69 Å². The first-order chi connectivity index (χ1) is 17.5. The van der Waals surface area contributed by atoms with E-state index in [4.69, 9.17) is 0 Å². The average molecular weight is 503 g/mol. The van der Waals surface area contributed by atoms with Crippen molar-refractivity contribution in [2.24, 2.45) is 5.10 Å². The Balaban J connectivity index is 1.41. The zero-order chi connectivity index (χ0) is 25.5. The van der Waals surface area contributed by atoms with E-state index in [1.807, 2.05) is 28.8 Å². The number of hydrazone groups is 1. The summed E-state index contributed by atoms with van der Waals surface area (Å²) in [5.74, 6) is 0.184. The van der Waals surface area contributed by atoms with Crippen molar-refractivity contribution in [1.82, 2.24) is 20.2 Å². The van der Waals surface area contributed by atoms with E-state index in [2.05, 4.69) is 50.8 Å². The molecule has 3 aromatic carbocycles. The molecular weight excluding hydrogens is 476 g/mol. The molecule has 0 saturated heterocycles. The second-order valence-electron chi connectivity index (χ2n) is 7.92. The third-order valence-electron chi connectivity index (χ3n) is 5.38. The van der Waals surface area contributed by atoms with Crippen LogP contribution in [0.25, 0.3) is 10.8 Å². The minimum Gasteiger partial charge on any atom is -0.508 e. The number of phenolic OH excluding ortho intramolecular Hbond substituents is 2. The standard InChI is InChI=1S/C26H26N6O3S/c1-3-13-32-24(16-27-22-10-6-8-18-7-4-5-9-21(18)22)29-31-26(32)36-17(2)25(35)30-28-15-19-11-12-20(33)14-23(19)34/h3-12,14-15,17,27,33-34H,1,13,16H2,2H3,(H,30,35)/t17-/m0/s1. The van der Waals surface area contributed by atoms with Gasteiger partial charge in [0.1, 0.15) is 11.5 Å². The Morgan fingerprint density at radius 1 is 1.17 bits per heavy atom. The summed E-state index contributed by atoms with van der Waals surface area (Å²) in [4.78, 5) is 12.5. The molecular formula is C26H26N6O3S. The molecule has 0 radical (unpaired) electrons. The third kappa shape index (κ3) is 5.84. The summed E-state index contributed by atoms with van der Waals surface area (Å²) < 4.78 is 1.91. The summed E-state index contributed by atoms with van der Waals surface area (Å²) in [5.41, 5.74) is 3.83. The number of nitrogens with zero attached hydrogens (tertiary/aromatic N) is 4. The van der Waals surface area contributed by atoms with Gasteiger partial charge in [0.2, 0.25) is 0 Å². The topological polar surface area (TPSA) is 125 Å². The van der Waals surface area contributed by atoms with Crippen LogP contribution in [0.2, 0.25) is 0 Å². The van der Waals surface area contributed by atoms with Crippen molar-refractivity contribution in [3.63, 3.8) is 0 Å². The van der Waals surface area contributed by atoms with E-state index in [1.165, 1.54) is 36.2 Å². The number of nitrogens with one attached hydrogen (secondary N) is 2. The Labute approximate surface area is 212 Å². The number of phenols is 2. The maximum Gasteiger partial charge on any atom is 0.253 e. The van der Waals surface area contributed by atoms with Gasteiger partial charge in [0.25, 0.3) is 5.91 Å². The summed E-state index contributed by atoms with van der Waals surface area (Å²) in [6, 6.07) is 18.4. The molecule has 1 aromatic heterocycles. The maximum atomic E-state index is 12.5. The van der Waals surface area contributed by atoms with Gasteiger partial charge in [-0.2, -0.15) is 5.10 Å². The van der Waals surface area contributed by atoms with Crippen LogP contribution in [0.1, 0.15) is 18.3 Å². The Hall–Kier alpha value is -4.31. The number of allylic oxidation sites excluding steroid dienone is 1. The van der Waals surface area contributed by atoms with E-state index < -0.39 is 5.25 Å². The summed E-state index contributed by atoms with van der Waals surface area (Å²) in [6.07, 6.45) is 3.06. The Bertz CT molecular complexity index is 1410. The van der Waals surface area contributed by atoms with Crippen molar-refractivity contribution in [1.29, 1.82) is 0 Å². The molecule has 0 saturated carbocycles. The summed E-state index contributed by atoms with van der Waals surface area (Å²) in [7, 11) is 0. The molecule has 1 heterocycles. The first kappa shape index (κ1) is 24.8. The second kappa shape index (κ2) is 11.4. The Morgan fingerprint density at radius 3 is 2.78 bits per heavy atom. The van der Waals surface area contributed by atoms with Crippen molar-refractivity contribution in [2.45, 2.75) is 30.4 Å². The van der Waals surface area contributed by atoms with Gasteiger partial charge in [0.05, 0.1) is 18.0 Å². The molecule has 0 unspecified atom stereocenters. The number of hydrogen-bond donors (Lipinski definition) is 4. The van der Waals surface area contributed by atoms with Crippen LogP contribution in [-0.4, -0.2) is 42.3 Å². The summed E-state index contributed by atoms with van der Waals surface area (Å²) >= 11 is 1.26. The molecule has 36 heavy (non-hydrogen) atoms. The molecule has 0 aliphatic carbocycles. The SMILES string of the molecule is C=CCn1c(CNc2cccc3ccccc23)nnc1S[C@@H](C)C(=O)NN=Cc1ccc(O)cc1O. The van der Waals surface area contributed by atoms with E-state index >= 15 is 0 Å². The number of amides is 1. The molecule has 1 atom stereocenters. The number of thioether (sulfide) groups is 1. The van der Waals surface area contributed by atoms with Gasteiger partial charge >= 0.3 is 0 Å². The molecule has 0 spiro atoms. The van der Waals surface area contributed by atoms with Crippen molar-refractivity contribution in [3.8, 4) is 11.5 Å². The van der Waals surface area contributed by atoms with Crippen molar-refractivity contribution >= 4 is 40.3 Å². The second-order valence-corrected chi connectivity index (χ2v) is 9.22. The van der Waals surface area contributed by atoms with E-state index in [0.717, 1.165) is 22.3 Å². The first-order valence-electron chi connectivity index (χ1n) is 11.2. The fraction of sp³-hybridized carbons (Fsp3) is 0.154. The molecule has 4 N–H and O–H groups in total. The number of aromatic nitrogens is 3. The van der Waals surface area contributed by atoms with E-state index in [-0.39, 0.29) is 17.4 Å². The lowest BCUT2D eigenvalue weighted by atomic mass is 10.1. The predicted molar refractivity (Wildman–Crippen MR) is 142 cm³/mol. The molecule has 184 valence electrons. The third-order valence-corrected chi connectivity index (χ3v) is 6.46. The lowest BCUT2D eigenvalue weighted by Gasteiger charge is -2.13. The number of rotatable bonds is 10. The quantitative estimate of drug-likeness (QED) is 0.110. The van der Waals surface area contributed by atoms with E-state index in [9.17, 15) is 15.0 Å². The lowest BCUT2D eigenvalue weighted by molar-refractivity contribution is -0.120. The molecule has 0 aliphatic rings. The van der Waals surface area contributed by atoms with Crippen LogP contribution in [0.3, 0.4) is 0 Å². The molecule has 4 aromatic rings. The molecule has 1 amide bonds. The normalized spacial score (nSPS) is 12.0. The lowest BCUT2D eigenvalue weighted by Crippen LogP contribution is -2.27. The first-order valence-corrected chi connectivity index (χ1v) is 12.1. The number of aromatic hydroxyl groups is 2. The minimum atomic E-state index is -0.512. The van der Waals surface area contributed by atoms with Gasteiger partial charge in [-0.15, -0.1) is 16.8 Å². The van der Waals surface area contributed by atoms with Crippen LogP contribution in [0.5, 0.6) is 11.5 Å². The number of hydrogen-bond acceptors (Lipinski definition) is 8. The van der Waals surface area contributed by atoms with Gasteiger partial charge < -0.3 is 20.1 Å². The molecule has 10 heteroatoms. The van der Waals surface area contributed by atoms with Crippen LogP contribution in [0, 0.1) is 0 Å². The number of fused-ring (bicyclic) bond motifs is 1. The van der Waals surface area contributed by atoms with Crippen LogP contribution < -0.4 is 10.7 Å². The number of anilines is 1. The molecule has 0 bridgehead atoms. The summed E-state index contributed by atoms with van der Waals surface area (Å²) in [5, 5.41) is 37.5. The van der Waals surface area contributed by atoms with Gasteiger partial charge in [-0.25, -0.2) is 5.43 Å². The van der Waals surface area contributed by atoms with Crippen LogP contribution in [-0.2, 0) is 17.9 Å². The smallest absolute Gasteiger partial charge is 0.253 e. The van der Waals surface area contributed by atoms with Gasteiger partial charge in [-0.1, -0.05) is 54.2 Å². The Morgan fingerprint density at radius 2 is 1.97 bits per heavy atom. The number of benzene rings is 3. The zero-order valence-electron chi connectivity index (χ0n) is 19.6. The van der Waals surface area contributed by atoms with E-state index in [1.54, 1.807) is 13.0 Å². The van der Waals surface area contributed by atoms with Crippen LogP contribution in [0.15, 0.2) is 83.6 Å². The highest BCUT2D eigenvalue weighted by Crippen LogP contribution is 2.26. The largest absolute Gasteiger partial charge is 0.508 e. The van der Waals surface area contributed by atoms with Gasteiger partial charge in [0, 0.05) is 29.2 Å². The zero-order valence-corrected chi connectivity index (χ0v) is 20.4. The van der Waals surface area contributed by atoms with Gasteiger partial charge in [-0.05, 0) is 30.5 Å². The van der Waals surface area contributed by atoms with Gasteiger partial charge in [0.15, 0.2) is 11.0 Å². The van der Waals surface area contributed by atoms with Crippen molar-refractivity contribution in [3.05, 3.63) is 84.7 Å². The minimum absolute atomic E-state index is 0.0611. The monoisotopic (exact) mass is 502 g/mol. The van der Waals surface area contributed by atoms with E-state index in [0.29, 0.717) is 23.8 Å². The van der Waals surface area contributed by atoms with Crippen molar-refractivity contribution < 1.29 is 15.0 Å². The molecule has 0 fully saturated rings.